The smallest absolute Gasteiger partial charge is 0.215 e. The highest BCUT2D eigenvalue weighted by Gasteiger charge is 2.42. The normalized spacial score (nSPS) is 27.6. The van der Waals surface area contributed by atoms with Crippen LogP contribution in [0.5, 0.6) is 0 Å². The lowest BCUT2D eigenvalue weighted by atomic mass is 9.78. The van der Waals surface area contributed by atoms with Crippen LogP contribution < -0.4 is 10.5 Å². The Balaban J connectivity index is 2.04. The molecule has 2 aliphatic rings. The molecule has 0 spiro atoms. The second-order valence-electron chi connectivity index (χ2n) is 5.34. The van der Waals surface area contributed by atoms with Gasteiger partial charge in [-0.1, -0.05) is 0 Å². The number of sulfone groups is 1. The molecule has 0 aromatic heterocycles. The summed E-state index contributed by atoms with van der Waals surface area (Å²) < 4.78 is 49.7. The molecule has 18 heavy (non-hydrogen) atoms. The minimum atomic E-state index is -3.46. The highest BCUT2D eigenvalue weighted by Crippen LogP contribution is 2.32. The van der Waals surface area contributed by atoms with E-state index in [0.29, 0.717) is 6.54 Å². The van der Waals surface area contributed by atoms with Gasteiger partial charge < -0.3 is 5.73 Å². The van der Waals surface area contributed by atoms with E-state index < -0.39 is 30.6 Å². The van der Waals surface area contributed by atoms with E-state index in [9.17, 15) is 16.8 Å². The first kappa shape index (κ1) is 14.2. The third kappa shape index (κ3) is 2.87. The van der Waals surface area contributed by atoms with Gasteiger partial charge in [-0.3, -0.25) is 0 Å². The Morgan fingerprint density at radius 3 is 2.17 bits per heavy atom. The molecular weight excluding hydrogens is 276 g/mol. The number of sulfonamides is 1. The van der Waals surface area contributed by atoms with E-state index in [4.69, 9.17) is 5.73 Å². The number of nitrogens with one attached hydrogen (secondary N) is 1. The molecule has 1 aliphatic heterocycles. The highest BCUT2D eigenvalue weighted by atomic mass is 32.2. The van der Waals surface area contributed by atoms with Crippen LogP contribution in [0, 0.1) is 0 Å². The van der Waals surface area contributed by atoms with Crippen molar-refractivity contribution < 1.29 is 16.8 Å². The average molecular weight is 296 g/mol. The van der Waals surface area contributed by atoms with Gasteiger partial charge in [-0.2, -0.15) is 0 Å². The predicted octanol–water partition coefficient (Wildman–Crippen LogP) is -0.636. The van der Waals surface area contributed by atoms with Crippen molar-refractivity contribution in [1.82, 2.24) is 4.72 Å². The number of hydrogen-bond donors (Lipinski definition) is 2. The van der Waals surface area contributed by atoms with Crippen LogP contribution in [0.1, 0.15) is 32.1 Å². The summed E-state index contributed by atoms with van der Waals surface area (Å²) in [6, 6.07) is 0. The van der Waals surface area contributed by atoms with Gasteiger partial charge in [-0.25, -0.2) is 21.6 Å². The zero-order valence-corrected chi connectivity index (χ0v) is 11.9. The van der Waals surface area contributed by atoms with Crippen LogP contribution in [-0.4, -0.2) is 45.7 Å². The summed E-state index contributed by atoms with van der Waals surface area (Å²) in [4.78, 5) is 0. The van der Waals surface area contributed by atoms with Crippen molar-refractivity contribution in [2.75, 3.05) is 18.1 Å². The summed E-state index contributed by atoms with van der Waals surface area (Å²) in [5, 5.41) is -0.593. The first-order valence-electron chi connectivity index (χ1n) is 6.22. The maximum atomic E-state index is 12.2. The zero-order valence-electron chi connectivity index (χ0n) is 10.3. The first-order valence-corrected chi connectivity index (χ1v) is 9.59. The predicted molar refractivity (Wildman–Crippen MR) is 69.4 cm³/mol. The molecule has 0 amide bonds. The van der Waals surface area contributed by atoms with Gasteiger partial charge in [0.1, 0.15) is 9.84 Å². The maximum absolute atomic E-state index is 12.2. The van der Waals surface area contributed by atoms with Crippen LogP contribution in [0.4, 0.5) is 0 Å². The molecule has 8 heteroatoms. The standard InChI is InChI=1S/C10H20N2O4S2/c11-8-10(4-1-5-10)12-18(15,16)9-2-6-17(13,14)7-3-9/h9,12H,1-8,11H2. The third-order valence-corrected chi connectivity index (χ3v) is 7.78. The van der Waals surface area contributed by atoms with Crippen molar-refractivity contribution in [1.29, 1.82) is 0 Å². The lowest BCUT2D eigenvalue weighted by Gasteiger charge is -2.42. The fraction of sp³-hybridized carbons (Fsp3) is 1.00. The van der Waals surface area contributed by atoms with E-state index in [1.165, 1.54) is 0 Å². The summed E-state index contributed by atoms with van der Waals surface area (Å²) in [6.45, 7) is 0.303. The fourth-order valence-electron chi connectivity index (χ4n) is 2.52. The van der Waals surface area contributed by atoms with Gasteiger partial charge in [0, 0.05) is 12.1 Å². The van der Waals surface area contributed by atoms with E-state index in [1.54, 1.807) is 0 Å². The minimum absolute atomic E-state index is 0.0335. The Morgan fingerprint density at radius 1 is 1.22 bits per heavy atom. The summed E-state index contributed by atoms with van der Waals surface area (Å²) in [7, 11) is -6.49. The first-order chi connectivity index (χ1) is 8.29. The third-order valence-electron chi connectivity index (χ3n) is 4.00. The summed E-state index contributed by atoms with van der Waals surface area (Å²) in [5.74, 6) is -0.0671. The second kappa shape index (κ2) is 4.73. The van der Waals surface area contributed by atoms with Gasteiger partial charge in [0.15, 0.2) is 0 Å². The van der Waals surface area contributed by atoms with Crippen molar-refractivity contribution in [3.63, 3.8) is 0 Å². The maximum Gasteiger partial charge on any atom is 0.215 e. The van der Waals surface area contributed by atoms with Gasteiger partial charge in [-0.05, 0) is 32.1 Å². The van der Waals surface area contributed by atoms with Gasteiger partial charge in [-0.15, -0.1) is 0 Å². The van der Waals surface area contributed by atoms with E-state index in [0.717, 1.165) is 19.3 Å². The molecule has 0 aromatic carbocycles. The van der Waals surface area contributed by atoms with Crippen molar-refractivity contribution in [3.8, 4) is 0 Å². The lowest BCUT2D eigenvalue weighted by molar-refractivity contribution is 0.229. The van der Waals surface area contributed by atoms with Crippen molar-refractivity contribution >= 4 is 19.9 Å². The summed E-state index contributed by atoms with van der Waals surface area (Å²) >= 11 is 0. The van der Waals surface area contributed by atoms with Crippen LogP contribution in [0.15, 0.2) is 0 Å². The van der Waals surface area contributed by atoms with Gasteiger partial charge in [0.05, 0.1) is 16.8 Å². The lowest BCUT2D eigenvalue weighted by Crippen LogP contribution is -2.60. The van der Waals surface area contributed by atoms with Crippen LogP contribution in [0.3, 0.4) is 0 Å². The van der Waals surface area contributed by atoms with Crippen molar-refractivity contribution in [2.24, 2.45) is 5.73 Å². The molecule has 1 heterocycles. The molecule has 106 valence electrons. The van der Waals surface area contributed by atoms with Crippen molar-refractivity contribution in [2.45, 2.75) is 42.9 Å². The van der Waals surface area contributed by atoms with Crippen LogP contribution in [-0.2, 0) is 19.9 Å². The van der Waals surface area contributed by atoms with E-state index >= 15 is 0 Å². The molecule has 0 bridgehead atoms. The molecule has 1 aliphatic carbocycles. The molecule has 1 saturated carbocycles. The zero-order chi connectivity index (χ0) is 13.4. The topological polar surface area (TPSA) is 106 Å². The van der Waals surface area contributed by atoms with Crippen molar-refractivity contribution in [3.05, 3.63) is 0 Å². The number of hydrogen-bond acceptors (Lipinski definition) is 5. The Bertz CT molecular complexity index is 488. The average Bonchev–Trinajstić information content (AvgIpc) is 2.23. The molecule has 3 N–H and O–H groups in total. The Kier molecular flexibility index (Phi) is 3.74. The number of rotatable bonds is 4. The Morgan fingerprint density at radius 2 is 1.78 bits per heavy atom. The molecule has 6 nitrogen and oxygen atoms in total. The molecular formula is C10H20N2O4S2. The second-order valence-corrected chi connectivity index (χ2v) is 9.60. The van der Waals surface area contributed by atoms with Crippen LogP contribution in [0.2, 0.25) is 0 Å². The quantitative estimate of drug-likeness (QED) is 0.718. The van der Waals surface area contributed by atoms with E-state index in [2.05, 4.69) is 4.72 Å². The molecule has 0 aromatic rings. The molecule has 0 atom stereocenters. The largest absolute Gasteiger partial charge is 0.329 e. The van der Waals surface area contributed by atoms with E-state index in [-0.39, 0.29) is 24.3 Å². The summed E-state index contributed by atoms with van der Waals surface area (Å²) in [6.07, 6.45) is 2.91. The molecule has 0 radical (unpaired) electrons. The Labute approximate surface area is 108 Å². The monoisotopic (exact) mass is 296 g/mol. The number of nitrogens with two attached hydrogens (primary N) is 1. The minimum Gasteiger partial charge on any atom is -0.329 e. The molecule has 2 rings (SSSR count). The van der Waals surface area contributed by atoms with Crippen LogP contribution in [0.25, 0.3) is 0 Å². The van der Waals surface area contributed by atoms with Gasteiger partial charge >= 0.3 is 0 Å². The van der Waals surface area contributed by atoms with Gasteiger partial charge in [0.25, 0.3) is 0 Å². The fourth-order valence-corrected chi connectivity index (χ4v) is 6.22. The Hall–Kier alpha value is -0.180. The molecule has 0 unspecified atom stereocenters. The summed E-state index contributed by atoms with van der Waals surface area (Å²) in [5.41, 5.74) is 5.15. The van der Waals surface area contributed by atoms with E-state index in [1.807, 2.05) is 0 Å². The SMILES string of the molecule is NCC1(NS(=O)(=O)C2CCS(=O)(=O)CC2)CCC1. The molecule has 2 fully saturated rings. The van der Waals surface area contributed by atoms with Gasteiger partial charge in [0.2, 0.25) is 10.0 Å². The van der Waals surface area contributed by atoms with Crippen LogP contribution >= 0.6 is 0 Å². The molecule has 1 saturated heterocycles. The highest BCUT2D eigenvalue weighted by molar-refractivity contribution is 7.92.